The van der Waals surface area contributed by atoms with Crippen molar-refractivity contribution in [1.82, 2.24) is 10.2 Å². The van der Waals surface area contributed by atoms with Crippen LogP contribution in [0.3, 0.4) is 0 Å². The van der Waals surface area contributed by atoms with Gasteiger partial charge in [-0.1, -0.05) is 19.9 Å². The highest BCUT2D eigenvalue weighted by molar-refractivity contribution is 5.74. The van der Waals surface area contributed by atoms with Crippen LogP contribution in [-0.2, 0) is 0 Å². The number of halogens is 2. The van der Waals surface area contributed by atoms with Gasteiger partial charge in [0.15, 0.2) is 0 Å². The SMILES string of the molecule is CCN(CC(C)(C)O)C(=O)NC(c1ccc(F)cc1F)C(C)C. The summed E-state index contributed by atoms with van der Waals surface area (Å²) in [6, 6.07) is 2.36. The average molecular weight is 328 g/mol. The van der Waals surface area contributed by atoms with E-state index < -0.39 is 29.3 Å². The number of hydrogen-bond donors (Lipinski definition) is 2. The average Bonchev–Trinajstić information content (AvgIpc) is 2.41. The maximum absolute atomic E-state index is 14.0. The Bertz CT molecular complexity index is 542. The minimum absolute atomic E-state index is 0.0836. The van der Waals surface area contributed by atoms with Crippen molar-refractivity contribution in [3.63, 3.8) is 0 Å². The molecule has 0 aliphatic carbocycles. The third kappa shape index (κ3) is 5.78. The number of nitrogens with one attached hydrogen (secondary N) is 1. The molecule has 4 nitrogen and oxygen atoms in total. The van der Waals surface area contributed by atoms with Crippen molar-refractivity contribution < 1.29 is 18.7 Å². The molecule has 0 saturated heterocycles. The van der Waals surface area contributed by atoms with E-state index in [0.29, 0.717) is 6.54 Å². The first-order valence-corrected chi connectivity index (χ1v) is 7.78. The molecule has 0 heterocycles. The molecule has 0 aliphatic rings. The molecule has 2 N–H and O–H groups in total. The second-order valence-electron chi connectivity index (χ2n) is 6.66. The van der Waals surface area contributed by atoms with Gasteiger partial charge in [-0.25, -0.2) is 13.6 Å². The third-order valence-electron chi connectivity index (χ3n) is 3.49. The Morgan fingerprint density at radius 1 is 1.35 bits per heavy atom. The lowest BCUT2D eigenvalue weighted by Crippen LogP contribution is -2.48. The molecule has 1 unspecified atom stereocenters. The number of carbonyl (C=O) groups excluding carboxylic acids is 1. The molecule has 0 bridgehead atoms. The van der Waals surface area contributed by atoms with Gasteiger partial charge in [0.05, 0.1) is 18.2 Å². The van der Waals surface area contributed by atoms with Gasteiger partial charge in [0.1, 0.15) is 11.6 Å². The Balaban J connectivity index is 2.97. The number of amides is 2. The van der Waals surface area contributed by atoms with E-state index in [1.807, 2.05) is 13.8 Å². The molecule has 1 rings (SSSR count). The molecular formula is C17H26F2N2O2. The summed E-state index contributed by atoms with van der Waals surface area (Å²) in [7, 11) is 0. The minimum Gasteiger partial charge on any atom is -0.389 e. The van der Waals surface area contributed by atoms with Crippen molar-refractivity contribution in [1.29, 1.82) is 0 Å². The summed E-state index contributed by atoms with van der Waals surface area (Å²) in [6.45, 7) is 9.29. The maximum Gasteiger partial charge on any atom is 0.317 e. The van der Waals surface area contributed by atoms with Crippen molar-refractivity contribution in [2.24, 2.45) is 5.92 Å². The highest BCUT2D eigenvalue weighted by atomic mass is 19.1. The van der Waals surface area contributed by atoms with E-state index in [1.54, 1.807) is 20.8 Å². The first-order valence-electron chi connectivity index (χ1n) is 7.78. The number of rotatable bonds is 6. The Kier molecular flexibility index (Phi) is 6.50. The van der Waals surface area contributed by atoms with Gasteiger partial charge in [-0.2, -0.15) is 0 Å². The Morgan fingerprint density at radius 2 is 1.96 bits per heavy atom. The Hall–Kier alpha value is -1.69. The van der Waals surface area contributed by atoms with Gasteiger partial charge in [0, 0.05) is 18.2 Å². The quantitative estimate of drug-likeness (QED) is 0.840. The van der Waals surface area contributed by atoms with Gasteiger partial charge < -0.3 is 15.3 Å². The number of likely N-dealkylation sites (N-methyl/N-ethyl adjacent to an activating group) is 1. The second kappa shape index (κ2) is 7.73. The van der Waals surface area contributed by atoms with Gasteiger partial charge in [0.25, 0.3) is 0 Å². The van der Waals surface area contributed by atoms with Gasteiger partial charge in [0.2, 0.25) is 0 Å². The van der Waals surface area contributed by atoms with E-state index in [2.05, 4.69) is 5.32 Å². The summed E-state index contributed by atoms with van der Waals surface area (Å²) < 4.78 is 27.1. The molecule has 2 amide bonds. The Labute approximate surface area is 136 Å². The monoisotopic (exact) mass is 328 g/mol. The molecule has 130 valence electrons. The van der Waals surface area contributed by atoms with Crippen molar-refractivity contribution in [2.75, 3.05) is 13.1 Å². The van der Waals surface area contributed by atoms with Crippen LogP contribution in [0, 0.1) is 17.6 Å². The largest absolute Gasteiger partial charge is 0.389 e. The van der Waals surface area contributed by atoms with Crippen molar-refractivity contribution >= 4 is 6.03 Å². The lowest BCUT2D eigenvalue weighted by Gasteiger charge is -2.31. The molecule has 0 aliphatic heterocycles. The summed E-state index contributed by atoms with van der Waals surface area (Å²) in [4.78, 5) is 13.9. The van der Waals surface area contributed by atoms with E-state index in [9.17, 15) is 18.7 Å². The van der Waals surface area contributed by atoms with Crippen LogP contribution in [0.1, 0.15) is 46.2 Å². The fourth-order valence-electron chi connectivity index (χ4n) is 2.38. The van der Waals surface area contributed by atoms with E-state index in [1.165, 1.54) is 17.0 Å². The van der Waals surface area contributed by atoms with Crippen molar-refractivity contribution in [2.45, 2.75) is 46.3 Å². The van der Waals surface area contributed by atoms with Gasteiger partial charge in [-0.3, -0.25) is 0 Å². The minimum atomic E-state index is -1.03. The van der Waals surface area contributed by atoms with E-state index in [4.69, 9.17) is 0 Å². The van der Waals surface area contributed by atoms with Crippen LogP contribution in [0.5, 0.6) is 0 Å². The van der Waals surface area contributed by atoms with E-state index >= 15 is 0 Å². The molecule has 0 saturated carbocycles. The summed E-state index contributed by atoms with van der Waals surface area (Å²) in [5, 5.41) is 12.7. The second-order valence-corrected chi connectivity index (χ2v) is 6.66. The Morgan fingerprint density at radius 3 is 2.39 bits per heavy atom. The fourth-order valence-corrected chi connectivity index (χ4v) is 2.38. The van der Waals surface area contributed by atoms with Crippen LogP contribution < -0.4 is 5.32 Å². The zero-order chi connectivity index (χ0) is 17.8. The molecule has 23 heavy (non-hydrogen) atoms. The smallest absolute Gasteiger partial charge is 0.317 e. The molecular weight excluding hydrogens is 302 g/mol. The number of hydrogen-bond acceptors (Lipinski definition) is 2. The van der Waals surface area contributed by atoms with Crippen LogP contribution in [0.4, 0.5) is 13.6 Å². The zero-order valence-corrected chi connectivity index (χ0v) is 14.4. The molecule has 0 aromatic heterocycles. The van der Waals surface area contributed by atoms with Crippen molar-refractivity contribution in [3.8, 4) is 0 Å². The van der Waals surface area contributed by atoms with Crippen LogP contribution >= 0.6 is 0 Å². The molecule has 0 radical (unpaired) electrons. The van der Waals surface area contributed by atoms with Gasteiger partial charge >= 0.3 is 6.03 Å². The number of benzene rings is 1. The normalized spacial score (nSPS) is 13.1. The van der Waals surface area contributed by atoms with E-state index in [0.717, 1.165) is 6.07 Å². The highest BCUT2D eigenvalue weighted by Crippen LogP contribution is 2.25. The fraction of sp³-hybridized carbons (Fsp3) is 0.588. The summed E-state index contributed by atoms with van der Waals surface area (Å²) >= 11 is 0. The first kappa shape index (κ1) is 19.4. The molecule has 1 aromatic rings. The highest BCUT2D eigenvalue weighted by Gasteiger charge is 2.26. The summed E-state index contributed by atoms with van der Waals surface area (Å²) in [6.07, 6.45) is 0. The first-order chi connectivity index (χ1) is 10.5. The molecule has 0 spiro atoms. The number of nitrogens with zero attached hydrogens (tertiary/aromatic N) is 1. The molecule has 6 heteroatoms. The number of aliphatic hydroxyl groups is 1. The molecule has 0 fully saturated rings. The lowest BCUT2D eigenvalue weighted by atomic mass is 9.95. The van der Waals surface area contributed by atoms with Crippen LogP contribution in [-0.4, -0.2) is 34.7 Å². The number of urea groups is 1. The summed E-state index contributed by atoms with van der Waals surface area (Å²) in [5.74, 6) is -1.42. The van der Waals surface area contributed by atoms with E-state index in [-0.39, 0.29) is 18.0 Å². The predicted octanol–water partition coefficient (Wildman–Crippen LogP) is 3.46. The topological polar surface area (TPSA) is 52.6 Å². The standard InChI is InChI=1S/C17H26F2N2O2/c1-6-21(10-17(4,5)23)16(22)20-15(11(2)3)13-8-7-12(18)9-14(13)19/h7-9,11,15,23H,6,10H2,1-5H3,(H,20,22). The van der Waals surface area contributed by atoms with Gasteiger partial charge in [-0.05, 0) is 32.8 Å². The maximum atomic E-state index is 14.0. The van der Waals surface area contributed by atoms with Crippen LogP contribution in [0.15, 0.2) is 18.2 Å². The summed E-state index contributed by atoms with van der Waals surface area (Å²) in [5.41, 5.74) is -0.781. The molecule has 1 atom stereocenters. The lowest BCUT2D eigenvalue weighted by molar-refractivity contribution is 0.0472. The number of carbonyl (C=O) groups is 1. The predicted molar refractivity (Wildman–Crippen MR) is 86.0 cm³/mol. The van der Waals surface area contributed by atoms with Crippen LogP contribution in [0.25, 0.3) is 0 Å². The van der Waals surface area contributed by atoms with Crippen molar-refractivity contribution in [3.05, 3.63) is 35.4 Å². The van der Waals surface area contributed by atoms with Crippen LogP contribution in [0.2, 0.25) is 0 Å². The molecule has 1 aromatic carbocycles. The van der Waals surface area contributed by atoms with Gasteiger partial charge in [-0.15, -0.1) is 0 Å². The third-order valence-corrected chi connectivity index (χ3v) is 3.49. The zero-order valence-electron chi connectivity index (χ0n) is 14.4.